The Bertz CT molecular complexity index is 758. The summed E-state index contributed by atoms with van der Waals surface area (Å²) in [4.78, 5) is 16.7. The van der Waals surface area contributed by atoms with Crippen LogP contribution in [0.3, 0.4) is 0 Å². The number of hydrogen-bond acceptors (Lipinski definition) is 4. The van der Waals surface area contributed by atoms with Gasteiger partial charge >= 0.3 is 0 Å². The zero-order valence-corrected chi connectivity index (χ0v) is 14.0. The van der Waals surface area contributed by atoms with Crippen LogP contribution in [0.1, 0.15) is 38.3 Å². The molecule has 4 heteroatoms. The molecule has 0 radical (unpaired) electrons. The van der Waals surface area contributed by atoms with Crippen LogP contribution in [0.2, 0.25) is 0 Å². The second-order valence-corrected chi connectivity index (χ2v) is 6.28. The minimum absolute atomic E-state index is 0.0478. The summed E-state index contributed by atoms with van der Waals surface area (Å²) in [6.07, 6.45) is 0. The van der Waals surface area contributed by atoms with E-state index in [4.69, 9.17) is 0 Å². The van der Waals surface area contributed by atoms with E-state index in [1.165, 1.54) is 11.8 Å². The van der Waals surface area contributed by atoms with E-state index in [0.29, 0.717) is 16.2 Å². The predicted octanol–water partition coefficient (Wildman–Crippen LogP) is 4.16. The molecule has 1 aromatic heterocycles. The molecule has 0 amide bonds. The van der Waals surface area contributed by atoms with E-state index >= 15 is 0 Å². The molecule has 3 nitrogen and oxygen atoms in total. The quantitative estimate of drug-likeness (QED) is 0.628. The zero-order valence-electron chi connectivity index (χ0n) is 13.2. The van der Waals surface area contributed by atoms with Gasteiger partial charge in [0.05, 0.1) is 11.3 Å². The highest BCUT2D eigenvalue weighted by atomic mass is 32.2. The number of aryl methyl sites for hydroxylation is 2. The highest BCUT2D eigenvalue weighted by Gasteiger charge is 2.14. The van der Waals surface area contributed by atoms with Crippen LogP contribution in [0.25, 0.3) is 0 Å². The number of carbonyl (C=O) groups is 1. The van der Waals surface area contributed by atoms with Gasteiger partial charge in [-0.1, -0.05) is 41.6 Å². The topological polar surface area (TPSA) is 53.8 Å². The fourth-order valence-corrected chi connectivity index (χ4v) is 3.08. The molecule has 1 heterocycles. The van der Waals surface area contributed by atoms with Gasteiger partial charge in [0.2, 0.25) is 0 Å². The molecule has 1 aromatic carbocycles. The summed E-state index contributed by atoms with van der Waals surface area (Å²) < 4.78 is 0. The summed E-state index contributed by atoms with van der Waals surface area (Å²) in [7, 11) is 0. The van der Waals surface area contributed by atoms with Crippen molar-refractivity contribution >= 4 is 17.5 Å². The number of aromatic nitrogens is 1. The third kappa shape index (κ3) is 3.37. The lowest BCUT2D eigenvalue weighted by Gasteiger charge is -2.10. The monoisotopic (exact) mass is 310 g/mol. The minimum atomic E-state index is 0.0478. The molecule has 0 spiro atoms. The van der Waals surface area contributed by atoms with Crippen molar-refractivity contribution in [1.29, 1.82) is 5.26 Å². The number of nitriles is 1. The highest BCUT2D eigenvalue weighted by Crippen LogP contribution is 2.26. The second-order valence-electron chi connectivity index (χ2n) is 5.32. The molecule has 0 fully saturated rings. The van der Waals surface area contributed by atoms with Gasteiger partial charge in [-0.2, -0.15) is 5.26 Å². The first-order chi connectivity index (χ1) is 10.4. The van der Waals surface area contributed by atoms with E-state index in [-0.39, 0.29) is 11.5 Å². The number of hydrogen-bond donors (Lipinski definition) is 0. The van der Waals surface area contributed by atoms with Gasteiger partial charge in [0, 0.05) is 11.3 Å². The maximum Gasteiger partial charge on any atom is 0.173 e. The Morgan fingerprint density at radius 2 is 1.77 bits per heavy atom. The predicted molar refractivity (Wildman–Crippen MR) is 89.4 cm³/mol. The third-order valence-electron chi connectivity index (χ3n) is 3.79. The van der Waals surface area contributed by atoms with E-state index in [2.05, 4.69) is 11.1 Å². The number of thioether (sulfide) groups is 1. The molecule has 0 atom stereocenters. The van der Waals surface area contributed by atoms with Crippen molar-refractivity contribution in [2.45, 2.75) is 32.7 Å². The maximum atomic E-state index is 12.2. The first-order valence-corrected chi connectivity index (χ1v) is 8.03. The molecule has 112 valence electrons. The average molecular weight is 310 g/mol. The summed E-state index contributed by atoms with van der Waals surface area (Å²) >= 11 is 1.33. The molecular formula is C18H18N2OS. The van der Waals surface area contributed by atoms with Gasteiger partial charge in [0.25, 0.3) is 0 Å². The van der Waals surface area contributed by atoms with Crippen molar-refractivity contribution < 1.29 is 4.79 Å². The summed E-state index contributed by atoms with van der Waals surface area (Å²) in [5.74, 6) is 0.332. The van der Waals surface area contributed by atoms with Crippen molar-refractivity contribution in [2.75, 3.05) is 5.75 Å². The molecule has 0 unspecified atom stereocenters. The maximum absolute atomic E-state index is 12.2. The third-order valence-corrected chi connectivity index (χ3v) is 4.76. The smallest absolute Gasteiger partial charge is 0.173 e. The van der Waals surface area contributed by atoms with Gasteiger partial charge in [-0.25, -0.2) is 4.98 Å². The van der Waals surface area contributed by atoms with Crippen molar-refractivity contribution in [3.8, 4) is 6.07 Å². The number of benzene rings is 1. The molecule has 0 aliphatic rings. The van der Waals surface area contributed by atoms with Crippen LogP contribution in [-0.4, -0.2) is 16.5 Å². The number of rotatable bonds is 4. The average Bonchev–Trinajstić information content (AvgIpc) is 2.51. The van der Waals surface area contributed by atoms with Gasteiger partial charge in [-0.15, -0.1) is 0 Å². The Morgan fingerprint density at radius 3 is 2.36 bits per heavy atom. The van der Waals surface area contributed by atoms with Crippen LogP contribution in [0, 0.1) is 39.0 Å². The number of carbonyl (C=O) groups excluding carboxylic acids is 1. The molecular weight excluding hydrogens is 292 g/mol. The molecule has 22 heavy (non-hydrogen) atoms. The molecule has 0 saturated heterocycles. The Morgan fingerprint density at radius 1 is 1.14 bits per heavy atom. The molecule has 0 bridgehead atoms. The van der Waals surface area contributed by atoms with Gasteiger partial charge in [-0.3, -0.25) is 4.79 Å². The van der Waals surface area contributed by atoms with E-state index in [0.717, 1.165) is 22.4 Å². The molecule has 2 rings (SSSR count). The van der Waals surface area contributed by atoms with Crippen LogP contribution in [0.5, 0.6) is 0 Å². The number of ketones is 1. The van der Waals surface area contributed by atoms with Gasteiger partial charge in [0.1, 0.15) is 11.1 Å². The molecule has 0 aliphatic heterocycles. The van der Waals surface area contributed by atoms with Gasteiger partial charge < -0.3 is 0 Å². The van der Waals surface area contributed by atoms with Crippen LogP contribution in [-0.2, 0) is 0 Å². The van der Waals surface area contributed by atoms with Crippen LogP contribution in [0.4, 0.5) is 0 Å². The Hall–Kier alpha value is -2.12. The first kappa shape index (κ1) is 16.3. The van der Waals surface area contributed by atoms with Crippen molar-refractivity contribution in [1.82, 2.24) is 4.98 Å². The van der Waals surface area contributed by atoms with Gasteiger partial charge in [0.15, 0.2) is 5.78 Å². The van der Waals surface area contributed by atoms with Crippen LogP contribution >= 0.6 is 11.8 Å². The first-order valence-electron chi connectivity index (χ1n) is 7.04. The number of Topliss-reactive ketones (excluding diaryl/α,β-unsaturated/α-hetero) is 1. The van der Waals surface area contributed by atoms with Crippen LogP contribution < -0.4 is 0 Å². The second kappa shape index (κ2) is 6.76. The van der Waals surface area contributed by atoms with Crippen molar-refractivity contribution in [3.05, 3.63) is 57.8 Å². The summed E-state index contributed by atoms with van der Waals surface area (Å²) in [5, 5.41) is 9.98. The summed E-state index contributed by atoms with van der Waals surface area (Å²) in [6, 6.07) is 9.74. The molecule has 0 aliphatic carbocycles. The Kier molecular flexibility index (Phi) is 4.99. The van der Waals surface area contributed by atoms with E-state index in [1.54, 1.807) is 0 Å². The van der Waals surface area contributed by atoms with Crippen molar-refractivity contribution in [3.63, 3.8) is 0 Å². The number of nitrogens with zero attached hydrogens (tertiary/aromatic N) is 2. The number of pyridine rings is 1. The summed E-state index contributed by atoms with van der Waals surface area (Å²) in [6.45, 7) is 7.80. The standard InChI is InChI=1S/C18H18N2OS/c1-11-5-7-15(8-6-11)17(21)10-22-18-16(9-19)13(3)12(2)14(4)20-18/h5-8H,10H2,1-4H3. The van der Waals surface area contributed by atoms with E-state index in [9.17, 15) is 10.1 Å². The summed E-state index contributed by atoms with van der Waals surface area (Å²) in [5.41, 5.74) is 5.28. The van der Waals surface area contributed by atoms with Crippen LogP contribution in [0.15, 0.2) is 29.3 Å². The van der Waals surface area contributed by atoms with E-state index in [1.807, 2.05) is 52.0 Å². The fourth-order valence-electron chi connectivity index (χ4n) is 2.10. The van der Waals surface area contributed by atoms with E-state index < -0.39 is 0 Å². The highest BCUT2D eigenvalue weighted by molar-refractivity contribution is 8.00. The molecule has 0 N–H and O–H groups in total. The van der Waals surface area contributed by atoms with Gasteiger partial charge in [-0.05, 0) is 38.8 Å². The lowest BCUT2D eigenvalue weighted by atomic mass is 10.1. The lowest BCUT2D eigenvalue weighted by molar-refractivity contribution is 0.102. The Labute approximate surface area is 135 Å². The van der Waals surface area contributed by atoms with Crippen molar-refractivity contribution in [2.24, 2.45) is 0 Å². The lowest BCUT2D eigenvalue weighted by Crippen LogP contribution is -2.05. The SMILES string of the molecule is Cc1ccc(C(=O)CSc2nc(C)c(C)c(C)c2C#N)cc1. The molecule has 0 saturated carbocycles. The zero-order chi connectivity index (χ0) is 16.3. The minimum Gasteiger partial charge on any atom is -0.293 e. The normalized spacial score (nSPS) is 10.3. The Balaban J connectivity index is 2.20. The molecule has 2 aromatic rings. The fraction of sp³-hybridized carbons (Fsp3) is 0.278. The largest absolute Gasteiger partial charge is 0.293 e.